The molecule has 0 spiro atoms. The lowest BCUT2D eigenvalue weighted by Crippen LogP contribution is -2.39. The number of nitrogens with one attached hydrogen (secondary N) is 2. The van der Waals surface area contributed by atoms with Crippen LogP contribution in [0.15, 0.2) is 41.7 Å². The monoisotopic (exact) mass is 357 g/mol. The van der Waals surface area contributed by atoms with Crippen LogP contribution in [0.1, 0.15) is 33.0 Å². The normalized spacial score (nSPS) is 11.4. The van der Waals surface area contributed by atoms with Gasteiger partial charge in [0, 0.05) is 38.4 Å². The third-order valence-corrected chi connectivity index (χ3v) is 4.16. The van der Waals surface area contributed by atoms with Gasteiger partial charge in [-0.3, -0.25) is 0 Å². The Morgan fingerprint density at radius 1 is 1.15 bits per heavy atom. The average Bonchev–Trinajstić information content (AvgIpc) is 3.14. The first kappa shape index (κ1) is 19.8. The standard InChI is InChI=1S/C19H31N7/c1-4-20-19(22-15-18-24-23-16-26(18)6-3)21-13-10-14-25(5-2)17-11-8-7-9-12-17/h7-9,11-12,16H,4-6,10,13-15H2,1-3H3,(H2,20,21,22). The van der Waals surface area contributed by atoms with Crippen molar-refractivity contribution in [2.75, 3.05) is 31.1 Å². The Kier molecular flexibility index (Phi) is 8.45. The molecule has 0 aliphatic carbocycles. The predicted octanol–water partition coefficient (Wildman–Crippen LogP) is 2.27. The number of aliphatic imine (C=N–C) groups is 1. The Bertz CT molecular complexity index is 651. The van der Waals surface area contributed by atoms with E-state index in [0.717, 1.165) is 50.9 Å². The van der Waals surface area contributed by atoms with Crippen LogP contribution < -0.4 is 15.5 Å². The summed E-state index contributed by atoms with van der Waals surface area (Å²) in [4.78, 5) is 7.00. The summed E-state index contributed by atoms with van der Waals surface area (Å²) in [5.74, 6) is 1.70. The minimum Gasteiger partial charge on any atom is -0.372 e. The number of aromatic nitrogens is 3. The summed E-state index contributed by atoms with van der Waals surface area (Å²) in [7, 11) is 0. The van der Waals surface area contributed by atoms with Crippen molar-refractivity contribution in [2.24, 2.45) is 4.99 Å². The first-order chi connectivity index (χ1) is 12.8. The quantitative estimate of drug-likeness (QED) is 0.388. The smallest absolute Gasteiger partial charge is 0.191 e. The number of para-hydroxylation sites is 1. The highest BCUT2D eigenvalue weighted by molar-refractivity contribution is 5.79. The second-order valence-electron chi connectivity index (χ2n) is 5.92. The molecule has 0 radical (unpaired) electrons. The van der Waals surface area contributed by atoms with E-state index < -0.39 is 0 Å². The molecule has 0 bridgehead atoms. The Morgan fingerprint density at radius 3 is 2.65 bits per heavy atom. The van der Waals surface area contributed by atoms with Gasteiger partial charge in [0.25, 0.3) is 0 Å². The van der Waals surface area contributed by atoms with E-state index in [1.54, 1.807) is 6.33 Å². The van der Waals surface area contributed by atoms with Gasteiger partial charge in [-0.25, -0.2) is 4.99 Å². The highest BCUT2D eigenvalue weighted by Gasteiger charge is 2.05. The van der Waals surface area contributed by atoms with Crippen LogP contribution >= 0.6 is 0 Å². The molecule has 1 aromatic carbocycles. The molecule has 0 amide bonds. The first-order valence-corrected chi connectivity index (χ1v) is 9.47. The van der Waals surface area contributed by atoms with Crippen LogP contribution in [0.4, 0.5) is 5.69 Å². The van der Waals surface area contributed by atoms with Gasteiger partial charge >= 0.3 is 0 Å². The average molecular weight is 358 g/mol. The van der Waals surface area contributed by atoms with Gasteiger partial charge in [0.15, 0.2) is 11.8 Å². The molecule has 7 nitrogen and oxygen atoms in total. The van der Waals surface area contributed by atoms with Crippen LogP contribution in [0.3, 0.4) is 0 Å². The van der Waals surface area contributed by atoms with Gasteiger partial charge in [-0.15, -0.1) is 10.2 Å². The van der Waals surface area contributed by atoms with Crippen molar-refractivity contribution in [1.29, 1.82) is 0 Å². The maximum Gasteiger partial charge on any atom is 0.191 e. The fourth-order valence-electron chi connectivity index (χ4n) is 2.74. The number of rotatable bonds is 10. The molecule has 0 saturated carbocycles. The lowest BCUT2D eigenvalue weighted by molar-refractivity contribution is 0.687. The minimum atomic E-state index is 0.522. The van der Waals surface area contributed by atoms with E-state index in [2.05, 4.69) is 81.8 Å². The van der Waals surface area contributed by atoms with Gasteiger partial charge in [-0.1, -0.05) is 18.2 Å². The fraction of sp³-hybridized carbons (Fsp3) is 0.526. The minimum absolute atomic E-state index is 0.522. The summed E-state index contributed by atoms with van der Waals surface area (Å²) in [6.07, 6.45) is 2.78. The largest absolute Gasteiger partial charge is 0.372 e. The van der Waals surface area contributed by atoms with E-state index in [9.17, 15) is 0 Å². The van der Waals surface area contributed by atoms with Crippen molar-refractivity contribution in [1.82, 2.24) is 25.4 Å². The molecule has 2 aromatic rings. The number of nitrogens with zero attached hydrogens (tertiary/aromatic N) is 5. The highest BCUT2D eigenvalue weighted by Crippen LogP contribution is 2.12. The number of aryl methyl sites for hydroxylation is 1. The second-order valence-corrected chi connectivity index (χ2v) is 5.92. The molecule has 0 unspecified atom stereocenters. The molecule has 0 saturated heterocycles. The van der Waals surface area contributed by atoms with Crippen molar-refractivity contribution >= 4 is 11.6 Å². The molecule has 2 rings (SSSR count). The summed E-state index contributed by atoms with van der Waals surface area (Å²) in [6.45, 7) is 11.4. The molecule has 2 N–H and O–H groups in total. The van der Waals surface area contributed by atoms with Crippen molar-refractivity contribution < 1.29 is 0 Å². The van der Waals surface area contributed by atoms with Crippen LogP contribution in [0.5, 0.6) is 0 Å². The second kappa shape index (κ2) is 11.1. The van der Waals surface area contributed by atoms with E-state index in [1.165, 1.54) is 5.69 Å². The third kappa shape index (κ3) is 6.06. The summed E-state index contributed by atoms with van der Waals surface area (Å²) >= 11 is 0. The van der Waals surface area contributed by atoms with Crippen LogP contribution in [0, 0.1) is 0 Å². The lowest BCUT2D eigenvalue weighted by Gasteiger charge is -2.23. The highest BCUT2D eigenvalue weighted by atomic mass is 15.3. The van der Waals surface area contributed by atoms with Crippen molar-refractivity contribution in [3.8, 4) is 0 Å². The topological polar surface area (TPSA) is 70.4 Å². The SMILES string of the molecule is CCNC(=NCc1nncn1CC)NCCCN(CC)c1ccccc1. The van der Waals surface area contributed by atoms with E-state index >= 15 is 0 Å². The molecule has 0 aliphatic rings. The van der Waals surface area contributed by atoms with Crippen LogP contribution in [0.25, 0.3) is 0 Å². The molecule has 142 valence electrons. The van der Waals surface area contributed by atoms with Gasteiger partial charge in [-0.05, 0) is 39.3 Å². The zero-order chi connectivity index (χ0) is 18.6. The van der Waals surface area contributed by atoms with Gasteiger partial charge in [0.2, 0.25) is 0 Å². The molecule has 1 heterocycles. The zero-order valence-electron chi connectivity index (χ0n) is 16.1. The van der Waals surface area contributed by atoms with Crippen molar-refractivity contribution in [3.63, 3.8) is 0 Å². The van der Waals surface area contributed by atoms with Crippen molar-refractivity contribution in [3.05, 3.63) is 42.5 Å². The Labute approximate surface area is 156 Å². The van der Waals surface area contributed by atoms with Gasteiger partial charge in [0.05, 0.1) is 0 Å². The van der Waals surface area contributed by atoms with Gasteiger partial charge < -0.3 is 20.1 Å². The number of hydrogen-bond acceptors (Lipinski definition) is 4. The Hall–Kier alpha value is -2.57. The molecule has 26 heavy (non-hydrogen) atoms. The van der Waals surface area contributed by atoms with Crippen LogP contribution in [-0.4, -0.2) is 46.9 Å². The molecule has 0 fully saturated rings. The van der Waals surface area contributed by atoms with E-state index in [0.29, 0.717) is 6.54 Å². The molecule has 0 aliphatic heterocycles. The third-order valence-electron chi connectivity index (χ3n) is 4.16. The maximum absolute atomic E-state index is 4.62. The molecule has 0 atom stereocenters. The summed E-state index contributed by atoms with van der Waals surface area (Å²) in [5.41, 5.74) is 1.27. The van der Waals surface area contributed by atoms with E-state index in [1.807, 2.05) is 4.57 Å². The van der Waals surface area contributed by atoms with E-state index in [4.69, 9.17) is 0 Å². The van der Waals surface area contributed by atoms with Gasteiger partial charge in [0.1, 0.15) is 12.9 Å². The Morgan fingerprint density at radius 2 is 1.96 bits per heavy atom. The summed E-state index contributed by atoms with van der Waals surface area (Å²) in [5, 5.41) is 14.8. The first-order valence-electron chi connectivity index (χ1n) is 9.47. The molecular weight excluding hydrogens is 326 g/mol. The summed E-state index contributed by atoms with van der Waals surface area (Å²) in [6, 6.07) is 10.5. The Balaban J connectivity index is 1.81. The summed E-state index contributed by atoms with van der Waals surface area (Å²) < 4.78 is 2.01. The molecule has 1 aromatic heterocycles. The number of guanidine groups is 1. The zero-order valence-corrected chi connectivity index (χ0v) is 16.1. The number of anilines is 1. The van der Waals surface area contributed by atoms with Crippen LogP contribution in [-0.2, 0) is 13.1 Å². The van der Waals surface area contributed by atoms with E-state index in [-0.39, 0.29) is 0 Å². The molecule has 7 heteroatoms. The fourth-order valence-corrected chi connectivity index (χ4v) is 2.74. The number of benzene rings is 1. The van der Waals surface area contributed by atoms with Gasteiger partial charge in [-0.2, -0.15) is 0 Å². The lowest BCUT2D eigenvalue weighted by atomic mass is 10.2. The van der Waals surface area contributed by atoms with Crippen LogP contribution in [0.2, 0.25) is 0 Å². The van der Waals surface area contributed by atoms with Crippen molar-refractivity contribution in [2.45, 2.75) is 40.3 Å². The number of hydrogen-bond donors (Lipinski definition) is 2. The maximum atomic E-state index is 4.62. The molecular formula is C19H31N7. The predicted molar refractivity (Wildman–Crippen MR) is 107 cm³/mol.